The first-order valence-corrected chi connectivity index (χ1v) is 7.32. The zero-order chi connectivity index (χ0) is 14.8. The van der Waals surface area contributed by atoms with E-state index in [-0.39, 0.29) is 0 Å². The van der Waals surface area contributed by atoms with Gasteiger partial charge in [-0.1, -0.05) is 6.08 Å². The summed E-state index contributed by atoms with van der Waals surface area (Å²) in [7, 11) is 3.26. The lowest BCUT2D eigenvalue weighted by Crippen LogP contribution is -2.19. The zero-order valence-corrected chi connectivity index (χ0v) is 13.7. The standard InChI is InChI=1S/C15H22BrNO3/c1-4-5-7-20-8-6-17-11-12-9-13(16)15(19-3)14(10-12)18-2/h4,9-10,17H,1,5-8,11H2,2-3H3. The van der Waals surface area contributed by atoms with Gasteiger partial charge in [-0.3, -0.25) is 0 Å². The molecule has 20 heavy (non-hydrogen) atoms. The molecule has 0 heterocycles. The van der Waals surface area contributed by atoms with Crippen molar-refractivity contribution in [1.29, 1.82) is 0 Å². The maximum absolute atomic E-state index is 5.43. The second-order valence-electron chi connectivity index (χ2n) is 4.18. The lowest BCUT2D eigenvalue weighted by atomic mass is 10.2. The summed E-state index contributed by atoms with van der Waals surface area (Å²) in [5.74, 6) is 1.44. The van der Waals surface area contributed by atoms with Gasteiger partial charge >= 0.3 is 0 Å². The van der Waals surface area contributed by atoms with Crippen molar-refractivity contribution in [2.45, 2.75) is 13.0 Å². The van der Waals surface area contributed by atoms with Gasteiger partial charge in [-0.05, 0) is 40.0 Å². The van der Waals surface area contributed by atoms with E-state index in [0.29, 0.717) is 12.4 Å². The van der Waals surface area contributed by atoms with Crippen LogP contribution in [0.1, 0.15) is 12.0 Å². The van der Waals surface area contributed by atoms with E-state index in [1.165, 1.54) is 0 Å². The number of ether oxygens (including phenoxy) is 3. The molecular formula is C15H22BrNO3. The molecule has 0 radical (unpaired) electrons. The van der Waals surface area contributed by atoms with E-state index in [9.17, 15) is 0 Å². The minimum atomic E-state index is 0.697. The molecule has 0 aliphatic heterocycles. The Labute approximate surface area is 129 Å². The van der Waals surface area contributed by atoms with Crippen LogP contribution < -0.4 is 14.8 Å². The first kappa shape index (κ1) is 17.0. The first-order valence-electron chi connectivity index (χ1n) is 6.52. The molecule has 1 rings (SSSR count). The molecule has 0 fully saturated rings. The van der Waals surface area contributed by atoms with E-state index in [1.807, 2.05) is 18.2 Å². The Morgan fingerprint density at radius 1 is 1.25 bits per heavy atom. The minimum Gasteiger partial charge on any atom is -0.493 e. The molecule has 4 nitrogen and oxygen atoms in total. The molecule has 0 spiro atoms. The highest BCUT2D eigenvalue weighted by Crippen LogP contribution is 2.36. The van der Waals surface area contributed by atoms with Crippen molar-refractivity contribution >= 4 is 15.9 Å². The Kier molecular flexibility index (Phi) is 8.34. The van der Waals surface area contributed by atoms with Gasteiger partial charge < -0.3 is 19.5 Å². The maximum atomic E-state index is 5.43. The molecule has 0 aliphatic rings. The van der Waals surface area contributed by atoms with Gasteiger partial charge in [0.15, 0.2) is 11.5 Å². The zero-order valence-electron chi connectivity index (χ0n) is 12.1. The Morgan fingerprint density at radius 2 is 2.05 bits per heavy atom. The van der Waals surface area contributed by atoms with E-state index in [1.54, 1.807) is 14.2 Å². The Balaban J connectivity index is 2.40. The van der Waals surface area contributed by atoms with Crippen LogP contribution in [0.5, 0.6) is 11.5 Å². The van der Waals surface area contributed by atoms with Crippen LogP contribution in [0.4, 0.5) is 0 Å². The van der Waals surface area contributed by atoms with Crippen LogP contribution in [-0.2, 0) is 11.3 Å². The van der Waals surface area contributed by atoms with Crippen molar-refractivity contribution in [2.24, 2.45) is 0 Å². The monoisotopic (exact) mass is 343 g/mol. The molecule has 5 heteroatoms. The largest absolute Gasteiger partial charge is 0.493 e. The molecule has 0 saturated heterocycles. The van der Waals surface area contributed by atoms with Gasteiger partial charge in [0.05, 0.1) is 31.9 Å². The number of hydrogen-bond donors (Lipinski definition) is 1. The molecule has 0 aromatic heterocycles. The van der Waals surface area contributed by atoms with Crippen molar-refractivity contribution in [3.8, 4) is 11.5 Å². The van der Waals surface area contributed by atoms with Crippen molar-refractivity contribution in [3.05, 3.63) is 34.8 Å². The van der Waals surface area contributed by atoms with Crippen molar-refractivity contribution in [2.75, 3.05) is 34.0 Å². The lowest BCUT2D eigenvalue weighted by molar-refractivity contribution is 0.140. The van der Waals surface area contributed by atoms with Crippen LogP contribution in [0, 0.1) is 0 Å². The second kappa shape index (κ2) is 9.80. The van der Waals surface area contributed by atoms with Crippen LogP contribution in [0.2, 0.25) is 0 Å². The molecule has 1 aromatic carbocycles. The molecule has 0 atom stereocenters. The summed E-state index contributed by atoms with van der Waals surface area (Å²) in [6, 6.07) is 3.99. The average Bonchev–Trinajstić information content (AvgIpc) is 2.45. The van der Waals surface area contributed by atoms with E-state index in [0.717, 1.165) is 41.9 Å². The van der Waals surface area contributed by atoms with Gasteiger partial charge in [-0.2, -0.15) is 0 Å². The van der Waals surface area contributed by atoms with Crippen LogP contribution in [0.3, 0.4) is 0 Å². The predicted octanol–water partition coefficient (Wildman–Crippen LogP) is 3.15. The van der Waals surface area contributed by atoms with Crippen LogP contribution >= 0.6 is 15.9 Å². The van der Waals surface area contributed by atoms with Gasteiger partial charge in [0.2, 0.25) is 0 Å². The smallest absolute Gasteiger partial charge is 0.174 e. The van der Waals surface area contributed by atoms with Crippen LogP contribution in [0.15, 0.2) is 29.3 Å². The predicted molar refractivity (Wildman–Crippen MR) is 84.6 cm³/mol. The van der Waals surface area contributed by atoms with Gasteiger partial charge in [0.25, 0.3) is 0 Å². The van der Waals surface area contributed by atoms with Crippen LogP contribution in [-0.4, -0.2) is 34.0 Å². The SMILES string of the molecule is C=CCCOCCNCc1cc(Br)c(OC)c(OC)c1. The van der Waals surface area contributed by atoms with E-state index in [2.05, 4.69) is 27.8 Å². The Bertz CT molecular complexity index is 424. The maximum Gasteiger partial charge on any atom is 0.174 e. The lowest BCUT2D eigenvalue weighted by Gasteiger charge is -2.12. The molecular weight excluding hydrogens is 322 g/mol. The fourth-order valence-corrected chi connectivity index (χ4v) is 2.37. The fourth-order valence-electron chi connectivity index (χ4n) is 1.72. The van der Waals surface area contributed by atoms with Gasteiger partial charge in [0.1, 0.15) is 0 Å². The highest BCUT2D eigenvalue weighted by atomic mass is 79.9. The Hall–Kier alpha value is -1.04. The van der Waals surface area contributed by atoms with Gasteiger partial charge in [-0.25, -0.2) is 0 Å². The molecule has 0 saturated carbocycles. The third-order valence-electron chi connectivity index (χ3n) is 2.71. The van der Waals surface area contributed by atoms with E-state index in [4.69, 9.17) is 14.2 Å². The Morgan fingerprint density at radius 3 is 2.70 bits per heavy atom. The summed E-state index contributed by atoms with van der Waals surface area (Å²) < 4.78 is 16.9. The highest BCUT2D eigenvalue weighted by molar-refractivity contribution is 9.10. The summed E-state index contributed by atoms with van der Waals surface area (Å²) in [5.41, 5.74) is 1.13. The summed E-state index contributed by atoms with van der Waals surface area (Å²) in [6.45, 7) is 6.64. The molecule has 0 amide bonds. The molecule has 112 valence electrons. The number of nitrogens with one attached hydrogen (secondary N) is 1. The summed E-state index contributed by atoms with van der Waals surface area (Å²) in [5, 5.41) is 3.33. The summed E-state index contributed by atoms with van der Waals surface area (Å²) >= 11 is 3.48. The number of rotatable bonds is 10. The molecule has 0 unspecified atom stereocenters. The van der Waals surface area contributed by atoms with Crippen molar-refractivity contribution in [3.63, 3.8) is 0 Å². The fraction of sp³-hybridized carbons (Fsp3) is 0.467. The minimum absolute atomic E-state index is 0.697. The highest BCUT2D eigenvalue weighted by Gasteiger charge is 2.10. The number of halogens is 1. The van der Waals surface area contributed by atoms with Crippen LogP contribution in [0.25, 0.3) is 0 Å². The average molecular weight is 344 g/mol. The van der Waals surface area contributed by atoms with Crippen molar-refractivity contribution in [1.82, 2.24) is 5.32 Å². The molecule has 1 aromatic rings. The van der Waals surface area contributed by atoms with Gasteiger partial charge in [-0.15, -0.1) is 6.58 Å². The number of methoxy groups -OCH3 is 2. The first-order chi connectivity index (χ1) is 9.72. The molecule has 0 aliphatic carbocycles. The van der Waals surface area contributed by atoms with E-state index < -0.39 is 0 Å². The third-order valence-corrected chi connectivity index (χ3v) is 3.30. The van der Waals surface area contributed by atoms with Crippen molar-refractivity contribution < 1.29 is 14.2 Å². The molecule has 1 N–H and O–H groups in total. The second-order valence-corrected chi connectivity index (χ2v) is 5.03. The van der Waals surface area contributed by atoms with E-state index >= 15 is 0 Å². The topological polar surface area (TPSA) is 39.7 Å². The normalized spacial score (nSPS) is 10.3. The number of benzene rings is 1. The van der Waals surface area contributed by atoms with Gasteiger partial charge in [0, 0.05) is 13.1 Å². The summed E-state index contributed by atoms with van der Waals surface area (Å²) in [6.07, 6.45) is 2.75. The summed E-state index contributed by atoms with van der Waals surface area (Å²) in [4.78, 5) is 0. The third kappa shape index (κ3) is 5.53. The quantitative estimate of drug-likeness (QED) is 0.523. The number of hydrogen-bond acceptors (Lipinski definition) is 4. The molecule has 0 bridgehead atoms.